The second-order valence-electron chi connectivity index (χ2n) is 10.7. The van der Waals surface area contributed by atoms with Crippen LogP contribution in [0.15, 0.2) is 29.9 Å². The highest BCUT2D eigenvalue weighted by molar-refractivity contribution is 5.94. The monoisotopic (exact) mass is 479 g/mol. The molecule has 2 unspecified atom stereocenters. The summed E-state index contributed by atoms with van der Waals surface area (Å²) in [4.78, 5) is 31.8. The Morgan fingerprint density at radius 2 is 2.00 bits per heavy atom. The van der Waals surface area contributed by atoms with Gasteiger partial charge in [0.1, 0.15) is 19.9 Å². The predicted octanol–water partition coefficient (Wildman–Crippen LogP) is 0.772. The second-order valence-corrected chi connectivity index (χ2v) is 10.7. The van der Waals surface area contributed by atoms with Crippen LogP contribution in [0.2, 0.25) is 0 Å². The fraction of sp³-hybridized carbons (Fsp3) is 0.600. The van der Waals surface area contributed by atoms with Gasteiger partial charge in [0.2, 0.25) is 17.8 Å². The summed E-state index contributed by atoms with van der Waals surface area (Å²) in [6.45, 7) is 6.92. The largest absolute Gasteiger partial charge is 0.456 e. The topological polar surface area (TPSA) is 97.1 Å². The van der Waals surface area contributed by atoms with Crippen molar-refractivity contribution in [1.29, 1.82) is 0 Å². The molecular formula is C25H33N7O3+2. The number of hydrogen-bond donors (Lipinski definition) is 1. The van der Waals surface area contributed by atoms with Crippen molar-refractivity contribution < 1.29 is 23.6 Å². The highest BCUT2D eigenvalue weighted by atomic mass is 16.5. The maximum Gasteiger partial charge on any atom is 0.351 e. The summed E-state index contributed by atoms with van der Waals surface area (Å²) >= 11 is 0. The number of carbonyl (C=O) groups is 2. The Bertz CT molecular complexity index is 1240. The van der Waals surface area contributed by atoms with Crippen molar-refractivity contribution in [3.05, 3.63) is 41.2 Å². The quantitative estimate of drug-likeness (QED) is 0.503. The van der Waals surface area contributed by atoms with Crippen molar-refractivity contribution in [3.63, 3.8) is 0 Å². The third kappa shape index (κ3) is 3.57. The van der Waals surface area contributed by atoms with Crippen LogP contribution in [0.25, 0.3) is 5.82 Å². The van der Waals surface area contributed by atoms with E-state index in [0.717, 1.165) is 55.9 Å². The fourth-order valence-corrected chi connectivity index (χ4v) is 6.12. The van der Waals surface area contributed by atoms with E-state index in [4.69, 9.17) is 4.74 Å². The Kier molecular flexibility index (Phi) is 5.07. The van der Waals surface area contributed by atoms with Crippen LogP contribution in [-0.2, 0) is 27.9 Å². The summed E-state index contributed by atoms with van der Waals surface area (Å²) in [5.74, 6) is 0.675. The number of amides is 1. The van der Waals surface area contributed by atoms with Gasteiger partial charge in [-0.1, -0.05) is 4.98 Å². The molecule has 2 fully saturated rings. The molecule has 1 amide bonds. The SMILES string of the molecule is CC1=C(N2C(=O)C3(CCC(NCc4cnc(-[n+]5cc6n(n5)C6C)c[n+]4C)CC3)CC2C)COC1=O. The van der Waals surface area contributed by atoms with E-state index in [1.807, 2.05) is 39.9 Å². The van der Waals surface area contributed by atoms with Crippen LogP contribution in [0.5, 0.6) is 0 Å². The van der Waals surface area contributed by atoms with Gasteiger partial charge in [-0.2, -0.15) is 9.25 Å². The molecule has 35 heavy (non-hydrogen) atoms. The number of aromatic nitrogens is 5. The van der Waals surface area contributed by atoms with E-state index >= 15 is 0 Å². The average molecular weight is 480 g/mol. The van der Waals surface area contributed by atoms with Crippen LogP contribution in [0, 0.1) is 5.41 Å². The first-order valence-corrected chi connectivity index (χ1v) is 12.6. The minimum absolute atomic E-state index is 0.0963. The van der Waals surface area contributed by atoms with Crippen LogP contribution in [0.3, 0.4) is 0 Å². The third-order valence-electron chi connectivity index (χ3n) is 8.47. The number of esters is 1. The maximum absolute atomic E-state index is 13.5. The van der Waals surface area contributed by atoms with E-state index in [1.165, 1.54) is 5.69 Å². The lowest BCUT2D eigenvalue weighted by Gasteiger charge is -2.36. The number of nitrogens with one attached hydrogen (secondary N) is 1. The van der Waals surface area contributed by atoms with Crippen molar-refractivity contribution >= 4 is 11.9 Å². The second kappa shape index (κ2) is 7.94. The van der Waals surface area contributed by atoms with Gasteiger partial charge in [0.05, 0.1) is 23.2 Å². The first-order valence-electron chi connectivity index (χ1n) is 12.6. The molecule has 2 aromatic rings. The number of rotatable bonds is 5. The van der Waals surface area contributed by atoms with Gasteiger partial charge in [0.25, 0.3) is 0 Å². The zero-order valence-corrected chi connectivity index (χ0v) is 20.8. The Balaban J connectivity index is 1.06. The zero-order chi connectivity index (χ0) is 24.5. The molecule has 1 aliphatic carbocycles. The highest BCUT2D eigenvalue weighted by Gasteiger charge is 2.53. The van der Waals surface area contributed by atoms with Gasteiger partial charge in [-0.15, -0.1) is 4.68 Å². The van der Waals surface area contributed by atoms with Crippen molar-refractivity contribution in [1.82, 2.24) is 25.1 Å². The molecule has 184 valence electrons. The molecular weight excluding hydrogens is 446 g/mol. The lowest BCUT2D eigenvalue weighted by atomic mass is 9.70. The molecule has 6 rings (SSSR count). The number of hydrogen-bond acceptors (Lipinski definition) is 6. The lowest BCUT2D eigenvalue weighted by molar-refractivity contribution is -0.707. The van der Waals surface area contributed by atoms with E-state index in [0.29, 0.717) is 17.7 Å². The minimum atomic E-state index is -0.313. The number of likely N-dealkylation sites (tertiary alicyclic amines) is 1. The number of ether oxygens (including phenoxy) is 1. The molecule has 1 saturated carbocycles. The van der Waals surface area contributed by atoms with E-state index in [1.54, 1.807) is 6.92 Å². The molecule has 1 saturated heterocycles. The molecule has 2 atom stereocenters. The number of carbonyl (C=O) groups excluding carboxylic acids is 2. The van der Waals surface area contributed by atoms with E-state index in [-0.39, 0.29) is 29.9 Å². The predicted molar refractivity (Wildman–Crippen MR) is 123 cm³/mol. The smallest absolute Gasteiger partial charge is 0.351 e. The summed E-state index contributed by atoms with van der Waals surface area (Å²) in [7, 11) is 2.03. The molecule has 0 bridgehead atoms. The molecule has 10 heteroatoms. The van der Waals surface area contributed by atoms with E-state index in [9.17, 15) is 9.59 Å². The Morgan fingerprint density at radius 3 is 2.63 bits per heavy atom. The van der Waals surface area contributed by atoms with Gasteiger partial charge >= 0.3 is 11.8 Å². The van der Waals surface area contributed by atoms with Crippen molar-refractivity contribution in [2.75, 3.05) is 6.61 Å². The lowest BCUT2D eigenvalue weighted by Crippen LogP contribution is -2.45. The first kappa shape index (κ1) is 22.3. The summed E-state index contributed by atoms with van der Waals surface area (Å²) in [5, 5.41) is 8.20. The molecule has 10 nitrogen and oxygen atoms in total. The molecule has 5 heterocycles. The minimum Gasteiger partial charge on any atom is -0.456 e. The van der Waals surface area contributed by atoms with Crippen LogP contribution in [0.1, 0.15) is 70.3 Å². The van der Waals surface area contributed by atoms with Crippen molar-refractivity contribution in [2.45, 2.75) is 77.5 Å². The summed E-state index contributed by atoms with van der Waals surface area (Å²) < 4.78 is 11.1. The Labute approximate surface area is 204 Å². The highest BCUT2D eigenvalue weighted by Crippen LogP contribution is 2.49. The molecule has 4 aliphatic rings. The van der Waals surface area contributed by atoms with Crippen LogP contribution in [-0.4, -0.2) is 50.3 Å². The van der Waals surface area contributed by atoms with E-state index in [2.05, 4.69) is 33.9 Å². The summed E-state index contributed by atoms with van der Waals surface area (Å²) in [5.41, 5.74) is 3.35. The van der Waals surface area contributed by atoms with Gasteiger partial charge in [0, 0.05) is 17.3 Å². The standard InChI is InChI=1S/C25H33N7O3/c1-15-9-25(24(34)31(15)21-14-35-23(33)16(21)2)7-5-18(6-8-25)26-10-19-11-27-22(13-29(19)4)30-12-20-17(3)32(20)28-30/h11-13,15,17-18,26H,5-10,14H2,1-4H3/q+2. The Morgan fingerprint density at radius 1 is 1.23 bits per heavy atom. The van der Waals surface area contributed by atoms with Gasteiger partial charge in [-0.3, -0.25) is 4.79 Å². The zero-order valence-electron chi connectivity index (χ0n) is 20.8. The van der Waals surface area contributed by atoms with Crippen molar-refractivity contribution in [2.24, 2.45) is 12.5 Å². The number of fused-ring (bicyclic) bond motifs is 1. The van der Waals surface area contributed by atoms with Crippen molar-refractivity contribution in [3.8, 4) is 5.82 Å². The van der Waals surface area contributed by atoms with E-state index < -0.39 is 0 Å². The summed E-state index contributed by atoms with van der Waals surface area (Å²) in [6, 6.07) is 0.888. The first-order chi connectivity index (χ1) is 16.8. The van der Waals surface area contributed by atoms with Gasteiger partial charge in [0.15, 0.2) is 17.9 Å². The Hall–Kier alpha value is -3.14. The molecule has 0 aromatic carbocycles. The van der Waals surface area contributed by atoms with Gasteiger partial charge in [-0.05, 0) is 52.9 Å². The maximum atomic E-state index is 13.5. The number of cyclic esters (lactones) is 1. The normalized spacial score (nSPS) is 29.8. The van der Waals surface area contributed by atoms with Gasteiger partial charge in [-0.25, -0.2) is 4.79 Å². The third-order valence-corrected chi connectivity index (χ3v) is 8.47. The molecule has 2 aromatic heterocycles. The van der Waals surface area contributed by atoms with Gasteiger partial charge < -0.3 is 15.0 Å². The van der Waals surface area contributed by atoms with Crippen LogP contribution >= 0.6 is 0 Å². The van der Waals surface area contributed by atoms with Crippen LogP contribution < -0.4 is 14.6 Å². The molecule has 3 aliphatic heterocycles. The number of nitrogens with zero attached hydrogens (tertiary/aromatic N) is 6. The number of aryl methyl sites for hydroxylation is 1. The molecule has 0 radical (unpaired) electrons. The average Bonchev–Trinajstić information content (AvgIpc) is 3.16. The van der Waals surface area contributed by atoms with Crippen LogP contribution in [0.4, 0.5) is 0 Å². The molecule has 1 N–H and O–H groups in total. The summed E-state index contributed by atoms with van der Waals surface area (Å²) in [6.07, 6.45) is 10.5. The fourth-order valence-electron chi connectivity index (χ4n) is 6.12. The molecule has 1 spiro atoms.